The standard InChI is InChI=1S/C10H17NO2/c1-10(9(12)13)5-8(6-11-10)7-3-2-4-7/h7-8,11H,2-6H2,1H3,(H,12,13). The second-order valence-electron chi connectivity index (χ2n) is 4.67. The van der Waals surface area contributed by atoms with E-state index in [0.717, 1.165) is 18.9 Å². The lowest BCUT2D eigenvalue weighted by molar-refractivity contribution is -0.143. The zero-order chi connectivity index (χ0) is 9.47. The molecule has 2 N–H and O–H groups in total. The molecule has 3 nitrogen and oxygen atoms in total. The molecule has 3 heteroatoms. The Labute approximate surface area is 78.5 Å². The van der Waals surface area contributed by atoms with Gasteiger partial charge in [-0.3, -0.25) is 4.79 Å². The smallest absolute Gasteiger partial charge is 0.323 e. The quantitative estimate of drug-likeness (QED) is 0.677. The Bertz CT molecular complexity index is 225. The van der Waals surface area contributed by atoms with Crippen LogP contribution in [0.4, 0.5) is 0 Å². The molecule has 2 aliphatic rings. The molecule has 1 saturated heterocycles. The molecule has 2 fully saturated rings. The molecule has 2 atom stereocenters. The first-order valence-corrected chi connectivity index (χ1v) is 5.10. The molecule has 1 aliphatic heterocycles. The molecule has 1 saturated carbocycles. The monoisotopic (exact) mass is 183 g/mol. The van der Waals surface area contributed by atoms with Crippen molar-refractivity contribution in [1.29, 1.82) is 0 Å². The van der Waals surface area contributed by atoms with Crippen LogP contribution in [-0.2, 0) is 4.79 Å². The normalized spacial score (nSPS) is 40.2. The molecule has 0 aromatic heterocycles. The van der Waals surface area contributed by atoms with Crippen molar-refractivity contribution in [3.63, 3.8) is 0 Å². The van der Waals surface area contributed by atoms with E-state index in [-0.39, 0.29) is 0 Å². The Morgan fingerprint density at radius 2 is 2.15 bits per heavy atom. The van der Waals surface area contributed by atoms with Crippen molar-refractivity contribution < 1.29 is 9.90 Å². The average Bonchev–Trinajstić information content (AvgIpc) is 2.30. The van der Waals surface area contributed by atoms with Crippen molar-refractivity contribution in [2.45, 2.75) is 38.1 Å². The van der Waals surface area contributed by atoms with E-state index in [0.29, 0.717) is 5.92 Å². The van der Waals surface area contributed by atoms with Crippen molar-refractivity contribution in [3.05, 3.63) is 0 Å². The molecule has 2 rings (SSSR count). The average molecular weight is 183 g/mol. The summed E-state index contributed by atoms with van der Waals surface area (Å²) in [6.45, 7) is 2.70. The highest BCUT2D eigenvalue weighted by Gasteiger charge is 2.44. The Kier molecular flexibility index (Phi) is 2.06. The zero-order valence-electron chi connectivity index (χ0n) is 8.05. The van der Waals surface area contributed by atoms with Gasteiger partial charge in [-0.1, -0.05) is 19.3 Å². The molecule has 0 bridgehead atoms. The minimum absolute atomic E-state index is 0.606. The predicted octanol–water partition coefficient (Wildman–Crippen LogP) is 1.24. The SMILES string of the molecule is CC1(C(=O)O)CC(C2CCC2)CN1. The topological polar surface area (TPSA) is 49.3 Å². The van der Waals surface area contributed by atoms with Crippen molar-refractivity contribution >= 4 is 5.97 Å². The molecular formula is C10H17NO2. The summed E-state index contributed by atoms with van der Waals surface area (Å²) in [4.78, 5) is 10.9. The molecule has 1 aliphatic carbocycles. The Hall–Kier alpha value is -0.570. The fourth-order valence-corrected chi connectivity index (χ4v) is 2.43. The van der Waals surface area contributed by atoms with Crippen molar-refractivity contribution in [2.24, 2.45) is 11.8 Å². The van der Waals surface area contributed by atoms with Crippen LogP contribution in [0.25, 0.3) is 0 Å². The fourth-order valence-electron chi connectivity index (χ4n) is 2.43. The van der Waals surface area contributed by atoms with E-state index < -0.39 is 11.5 Å². The molecule has 0 aromatic rings. The minimum atomic E-state index is -0.700. The van der Waals surface area contributed by atoms with Crippen LogP contribution in [0.3, 0.4) is 0 Å². The number of nitrogens with one attached hydrogen (secondary N) is 1. The highest BCUT2D eigenvalue weighted by Crippen LogP contribution is 2.40. The number of carboxylic acid groups (broad SMARTS) is 1. The number of aliphatic carboxylic acids is 1. The second kappa shape index (κ2) is 2.98. The molecule has 0 spiro atoms. The van der Waals surface area contributed by atoms with E-state index in [1.54, 1.807) is 6.92 Å². The summed E-state index contributed by atoms with van der Waals surface area (Å²) in [5, 5.41) is 12.1. The first-order chi connectivity index (χ1) is 6.12. The summed E-state index contributed by atoms with van der Waals surface area (Å²) in [6.07, 6.45) is 4.77. The van der Waals surface area contributed by atoms with Gasteiger partial charge in [0.05, 0.1) is 0 Å². The van der Waals surface area contributed by atoms with Gasteiger partial charge >= 0.3 is 5.97 Å². The minimum Gasteiger partial charge on any atom is -0.480 e. The lowest BCUT2D eigenvalue weighted by Crippen LogP contribution is -2.44. The maximum atomic E-state index is 10.9. The second-order valence-corrected chi connectivity index (χ2v) is 4.67. The van der Waals surface area contributed by atoms with Gasteiger partial charge in [-0.25, -0.2) is 0 Å². The Morgan fingerprint density at radius 1 is 1.46 bits per heavy atom. The van der Waals surface area contributed by atoms with E-state index in [2.05, 4.69) is 5.32 Å². The molecule has 13 heavy (non-hydrogen) atoms. The summed E-state index contributed by atoms with van der Waals surface area (Å²) in [5.74, 6) is 0.706. The van der Waals surface area contributed by atoms with Gasteiger partial charge in [0.2, 0.25) is 0 Å². The van der Waals surface area contributed by atoms with Crippen LogP contribution < -0.4 is 5.32 Å². The third kappa shape index (κ3) is 1.46. The van der Waals surface area contributed by atoms with Crippen molar-refractivity contribution in [2.75, 3.05) is 6.54 Å². The largest absolute Gasteiger partial charge is 0.480 e. The number of hydrogen-bond acceptors (Lipinski definition) is 2. The van der Waals surface area contributed by atoms with E-state index in [9.17, 15) is 4.79 Å². The zero-order valence-corrected chi connectivity index (χ0v) is 8.05. The maximum absolute atomic E-state index is 10.9. The van der Waals surface area contributed by atoms with Gasteiger partial charge in [-0.2, -0.15) is 0 Å². The van der Waals surface area contributed by atoms with Gasteiger partial charge in [-0.05, 0) is 31.7 Å². The lowest BCUT2D eigenvalue weighted by atomic mass is 9.74. The van der Waals surface area contributed by atoms with Crippen molar-refractivity contribution in [1.82, 2.24) is 5.32 Å². The molecular weight excluding hydrogens is 166 g/mol. The molecule has 0 amide bonds. The van der Waals surface area contributed by atoms with E-state index >= 15 is 0 Å². The van der Waals surface area contributed by atoms with Crippen LogP contribution in [-0.4, -0.2) is 23.2 Å². The molecule has 2 unspecified atom stereocenters. The molecule has 1 heterocycles. The van der Waals surface area contributed by atoms with E-state index in [1.165, 1.54) is 19.3 Å². The summed E-state index contributed by atoms with van der Waals surface area (Å²) >= 11 is 0. The number of hydrogen-bond donors (Lipinski definition) is 2. The molecule has 0 radical (unpaired) electrons. The fraction of sp³-hybridized carbons (Fsp3) is 0.900. The number of carbonyl (C=O) groups is 1. The van der Waals surface area contributed by atoms with Gasteiger partial charge in [0.1, 0.15) is 5.54 Å². The van der Waals surface area contributed by atoms with Crippen molar-refractivity contribution in [3.8, 4) is 0 Å². The highest BCUT2D eigenvalue weighted by atomic mass is 16.4. The van der Waals surface area contributed by atoms with Crippen LogP contribution in [0.1, 0.15) is 32.6 Å². The van der Waals surface area contributed by atoms with Gasteiger partial charge in [0.15, 0.2) is 0 Å². The number of carboxylic acids is 1. The van der Waals surface area contributed by atoms with Gasteiger partial charge in [0.25, 0.3) is 0 Å². The summed E-state index contributed by atoms with van der Waals surface area (Å²) in [7, 11) is 0. The number of rotatable bonds is 2. The maximum Gasteiger partial charge on any atom is 0.323 e. The third-order valence-corrected chi connectivity index (χ3v) is 3.71. The van der Waals surface area contributed by atoms with Crippen LogP contribution in [0.5, 0.6) is 0 Å². The first kappa shape index (κ1) is 9.00. The predicted molar refractivity (Wildman–Crippen MR) is 49.5 cm³/mol. The Morgan fingerprint density at radius 3 is 2.54 bits per heavy atom. The van der Waals surface area contributed by atoms with Crippen LogP contribution in [0, 0.1) is 11.8 Å². The first-order valence-electron chi connectivity index (χ1n) is 5.10. The van der Waals surface area contributed by atoms with Crippen LogP contribution >= 0.6 is 0 Å². The van der Waals surface area contributed by atoms with E-state index in [1.807, 2.05) is 0 Å². The van der Waals surface area contributed by atoms with Crippen LogP contribution in [0.15, 0.2) is 0 Å². The van der Waals surface area contributed by atoms with Crippen LogP contribution in [0.2, 0.25) is 0 Å². The van der Waals surface area contributed by atoms with Gasteiger partial charge < -0.3 is 10.4 Å². The highest BCUT2D eigenvalue weighted by molar-refractivity contribution is 5.78. The van der Waals surface area contributed by atoms with Gasteiger partial charge in [0, 0.05) is 0 Å². The summed E-state index contributed by atoms with van der Waals surface area (Å²) in [5.41, 5.74) is -0.653. The summed E-state index contributed by atoms with van der Waals surface area (Å²) in [6, 6.07) is 0. The third-order valence-electron chi connectivity index (χ3n) is 3.71. The summed E-state index contributed by atoms with van der Waals surface area (Å²) < 4.78 is 0. The van der Waals surface area contributed by atoms with E-state index in [4.69, 9.17) is 5.11 Å². The Balaban J connectivity index is 1.96. The van der Waals surface area contributed by atoms with Gasteiger partial charge in [-0.15, -0.1) is 0 Å². The lowest BCUT2D eigenvalue weighted by Gasteiger charge is -2.31. The molecule has 0 aromatic carbocycles. The molecule has 74 valence electrons.